The molecule has 0 bridgehead atoms. The molecule has 1 aliphatic rings. The van der Waals surface area contributed by atoms with Gasteiger partial charge in [0.25, 0.3) is 0 Å². The Morgan fingerprint density at radius 1 is 1.29 bits per heavy atom. The van der Waals surface area contributed by atoms with Crippen molar-refractivity contribution < 1.29 is 0 Å². The summed E-state index contributed by atoms with van der Waals surface area (Å²) < 4.78 is 2.05. The van der Waals surface area contributed by atoms with Crippen LogP contribution in [0, 0.1) is 0 Å². The Morgan fingerprint density at radius 3 is 3.29 bits per heavy atom. The molecule has 1 aliphatic heterocycles. The van der Waals surface area contributed by atoms with Gasteiger partial charge in [-0.2, -0.15) is 0 Å². The smallest absolute Gasteiger partial charge is 0.0991 e. The highest BCUT2D eigenvalue weighted by atomic mass is 15.1. The highest BCUT2D eigenvalue weighted by molar-refractivity contribution is 5.46. The fraction of sp³-hybridized carbons (Fsp3) is 0.462. The molecule has 0 saturated carbocycles. The molecule has 3 heterocycles. The third-order valence-electron chi connectivity index (χ3n) is 3.32. The zero-order valence-corrected chi connectivity index (χ0v) is 9.97. The Hall–Kier alpha value is -1.39. The fourth-order valence-corrected chi connectivity index (χ4v) is 2.38. The summed E-state index contributed by atoms with van der Waals surface area (Å²) in [6, 6.07) is 4.42. The predicted molar refractivity (Wildman–Crippen MR) is 68.0 cm³/mol. The number of fused-ring (bicyclic) bond motifs is 1. The first kappa shape index (κ1) is 10.7. The van der Waals surface area contributed by atoms with Crippen LogP contribution in [0.4, 0.5) is 0 Å². The maximum Gasteiger partial charge on any atom is 0.0991 e. The van der Waals surface area contributed by atoms with E-state index >= 15 is 0 Å². The van der Waals surface area contributed by atoms with Gasteiger partial charge in [-0.3, -0.25) is 4.90 Å². The molecule has 2 aromatic heterocycles. The number of aromatic nitrogens is 2. The molecule has 0 radical (unpaired) electrons. The maximum atomic E-state index is 4.14. The zero-order valence-electron chi connectivity index (χ0n) is 9.97. The number of imidazole rings is 1. The fourth-order valence-electron chi connectivity index (χ4n) is 2.38. The molecule has 0 aromatic carbocycles. The van der Waals surface area contributed by atoms with Crippen LogP contribution in [0.3, 0.4) is 0 Å². The van der Waals surface area contributed by atoms with Gasteiger partial charge in [0.1, 0.15) is 0 Å². The van der Waals surface area contributed by atoms with Crippen LogP contribution in [0.1, 0.15) is 12.0 Å². The summed E-state index contributed by atoms with van der Waals surface area (Å²) in [6.07, 6.45) is 7.09. The molecule has 3 rings (SSSR count). The van der Waals surface area contributed by atoms with Crippen LogP contribution in [0.15, 0.2) is 30.9 Å². The average Bonchev–Trinajstić information content (AvgIpc) is 2.65. The minimum atomic E-state index is 1.04. The molecular weight excluding hydrogens is 212 g/mol. The van der Waals surface area contributed by atoms with E-state index in [0.717, 1.165) is 26.2 Å². The third kappa shape index (κ3) is 2.48. The second-order valence-corrected chi connectivity index (χ2v) is 4.64. The molecule has 1 saturated heterocycles. The second-order valence-electron chi connectivity index (χ2n) is 4.64. The summed E-state index contributed by atoms with van der Waals surface area (Å²) in [7, 11) is 0. The number of pyridine rings is 1. The Bertz CT molecular complexity index is 483. The van der Waals surface area contributed by atoms with Crippen LogP contribution in [0.25, 0.3) is 5.52 Å². The van der Waals surface area contributed by atoms with Gasteiger partial charge in [0.05, 0.1) is 18.0 Å². The van der Waals surface area contributed by atoms with Gasteiger partial charge >= 0.3 is 0 Å². The van der Waals surface area contributed by atoms with Crippen molar-refractivity contribution in [2.45, 2.75) is 13.0 Å². The van der Waals surface area contributed by atoms with Gasteiger partial charge in [0.15, 0.2) is 0 Å². The summed E-state index contributed by atoms with van der Waals surface area (Å²) in [5.41, 5.74) is 2.55. The normalized spacial score (nSPS) is 18.4. The standard InChI is InChI=1S/C13H18N4/c1-3-14-4-7-16(5-1)10-12-2-6-17-11-15-9-13(17)8-12/h2,6,8-9,11,14H,1,3-5,7,10H2. The molecule has 90 valence electrons. The van der Waals surface area contributed by atoms with Gasteiger partial charge < -0.3 is 9.72 Å². The average molecular weight is 230 g/mol. The topological polar surface area (TPSA) is 32.6 Å². The number of rotatable bonds is 2. The van der Waals surface area contributed by atoms with Crippen molar-refractivity contribution in [2.75, 3.05) is 26.2 Å². The van der Waals surface area contributed by atoms with Crippen LogP contribution < -0.4 is 5.32 Å². The number of hydrogen-bond donors (Lipinski definition) is 1. The molecule has 0 atom stereocenters. The highest BCUT2D eigenvalue weighted by Crippen LogP contribution is 2.10. The van der Waals surface area contributed by atoms with E-state index in [2.05, 4.69) is 33.5 Å². The molecule has 17 heavy (non-hydrogen) atoms. The quantitative estimate of drug-likeness (QED) is 0.839. The summed E-state index contributed by atoms with van der Waals surface area (Å²) in [5.74, 6) is 0. The molecule has 1 N–H and O–H groups in total. The first-order valence-corrected chi connectivity index (χ1v) is 6.25. The lowest BCUT2D eigenvalue weighted by molar-refractivity contribution is 0.284. The van der Waals surface area contributed by atoms with E-state index in [4.69, 9.17) is 0 Å². The van der Waals surface area contributed by atoms with E-state index in [1.165, 1.54) is 24.0 Å². The van der Waals surface area contributed by atoms with Gasteiger partial charge in [-0.25, -0.2) is 4.98 Å². The Labute approximate surface area is 101 Å². The zero-order chi connectivity index (χ0) is 11.5. The van der Waals surface area contributed by atoms with E-state index in [1.54, 1.807) is 0 Å². The van der Waals surface area contributed by atoms with E-state index in [9.17, 15) is 0 Å². The van der Waals surface area contributed by atoms with Gasteiger partial charge in [-0.15, -0.1) is 0 Å². The predicted octanol–water partition coefficient (Wildman–Crippen LogP) is 1.13. The number of hydrogen-bond acceptors (Lipinski definition) is 3. The maximum absolute atomic E-state index is 4.14. The van der Waals surface area contributed by atoms with E-state index < -0.39 is 0 Å². The van der Waals surface area contributed by atoms with Gasteiger partial charge in [0.2, 0.25) is 0 Å². The number of nitrogens with zero attached hydrogens (tertiary/aromatic N) is 3. The van der Waals surface area contributed by atoms with Crippen molar-refractivity contribution in [3.05, 3.63) is 36.4 Å². The lowest BCUT2D eigenvalue weighted by atomic mass is 10.2. The summed E-state index contributed by atoms with van der Waals surface area (Å²) in [6.45, 7) is 5.64. The Morgan fingerprint density at radius 2 is 2.29 bits per heavy atom. The second kappa shape index (κ2) is 4.85. The summed E-state index contributed by atoms with van der Waals surface area (Å²) >= 11 is 0. The van der Waals surface area contributed by atoms with Crippen LogP contribution >= 0.6 is 0 Å². The lowest BCUT2D eigenvalue weighted by Crippen LogP contribution is -2.27. The number of nitrogens with one attached hydrogen (secondary N) is 1. The van der Waals surface area contributed by atoms with Crippen molar-refractivity contribution in [1.29, 1.82) is 0 Å². The molecule has 0 amide bonds. The van der Waals surface area contributed by atoms with Crippen LogP contribution in [0.5, 0.6) is 0 Å². The highest BCUT2D eigenvalue weighted by Gasteiger charge is 2.09. The molecule has 2 aromatic rings. The molecule has 1 fully saturated rings. The monoisotopic (exact) mass is 230 g/mol. The van der Waals surface area contributed by atoms with E-state index in [0.29, 0.717) is 0 Å². The minimum Gasteiger partial charge on any atom is -0.315 e. The van der Waals surface area contributed by atoms with Crippen molar-refractivity contribution in [1.82, 2.24) is 19.6 Å². The van der Waals surface area contributed by atoms with E-state index in [-0.39, 0.29) is 0 Å². The van der Waals surface area contributed by atoms with Crippen molar-refractivity contribution >= 4 is 5.52 Å². The van der Waals surface area contributed by atoms with Crippen molar-refractivity contribution in [2.24, 2.45) is 0 Å². The SMILES string of the molecule is c1cn2cncc2cc1CN1CCCNCC1. The molecule has 0 spiro atoms. The molecular formula is C13H18N4. The summed E-state index contributed by atoms with van der Waals surface area (Å²) in [5, 5.41) is 3.43. The van der Waals surface area contributed by atoms with Crippen LogP contribution in [-0.2, 0) is 6.54 Å². The first-order chi connectivity index (χ1) is 8.42. The lowest BCUT2D eigenvalue weighted by Gasteiger charge is -2.19. The molecule has 0 aliphatic carbocycles. The Balaban J connectivity index is 1.74. The Kier molecular flexibility index (Phi) is 3.07. The molecule has 4 nitrogen and oxygen atoms in total. The van der Waals surface area contributed by atoms with Gasteiger partial charge in [-0.1, -0.05) is 0 Å². The largest absolute Gasteiger partial charge is 0.315 e. The first-order valence-electron chi connectivity index (χ1n) is 6.25. The van der Waals surface area contributed by atoms with E-state index in [1.807, 2.05) is 16.9 Å². The van der Waals surface area contributed by atoms with Gasteiger partial charge in [-0.05, 0) is 37.2 Å². The molecule has 4 heteroatoms. The van der Waals surface area contributed by atoms with Gasteiger partial charge in [0, 0.05) is 25.8 Å². The van der Waals surface area contributed by atoms with Crippen LogP contribution in [-0.4, -0.2) is 40.5 Å². The minimum absolute atomic E-state index is 1.04. The van der Waals surface area contributed by atoms with Crippen molar-refractivity contribution in [3.63, 3.8) is 0 Å². The molecule has 0 unspecified atom stereocenters. The van der Waals surface area contributed by atoms with Crippen molar-refractivity contribution in [3.8, 4) is 0 Å². The third-order valence-corrected chi connectivity index (χ3v) is 3.32. The summed E-state index contributed by atoms with van der Waals surface area (Å²) in [4.78, 5) is 6.66. The van der Waals surface area contributed by atoms with Crippen LogP contribution in [0.2, 0.25) is 0 Å².